The lowest BCUT2D eigenvalue weighted by atomic mass is 9.83. The summed E-state index contributed by atoms with van der Waals surface area (Å²) >= 11 is 6.83. The van der Waals surface area contributed by atoms with Gasteiger partial charge in [0.25, 0.3) is 11.8 Å². The average Bonchev–Trinajstić information content (AvgIpc) is 3.64. The molecule has 2 N–H and O–H groups in total. The first-order valence-corrected chi connectivity index (χ1v) is 26.3. The smallest absolute Gasteiger partial charge is 0.409 e. The van der Waals surface area contributed by atoms with Gasteiger partial charge in [-0.1, -0.05) is 69.1 Å². The number of hydrogen-bond acceptors (Lipinski definition) is 16. The van der Waals surface area contributed by atoms with E-state index >= 15 is 0 Å². The first-order valence-electron chi connectivity index (χ1n) is 23.6. The molecule has 8 atom stereocenters. The van der Waals surface area contributed by atoms with Crippen molar-refractivity contribution in [1.82, 2.24) is 30.1 Å². The molecule has 5 heterocycles. The highest BCUT2D eigenvalue weighted by Crippen LogP contribution is 2.49. The van der Waals surface area contributed by atoms with Gasteiger partial charge in [0.15, 0.2) is 5.72 Å². The van der Waals surface area contributed by atoms with Crippen molar-refractivity contribution in [2.24, 2.45) is 5.92 Å². The molecule has 71 heavy (non-hydrogen) atoms. The zero-order valence-electron chi connectivity index (χ0n) is 42.0. The molecule has 19 nitrogen and oxygen atoms in total. The summed E-state index contributed by atoms with van der Waals surface area (Å²) in [5, 5.41) is 22.8. The van der Waals surface area contributed by atoms with Gasteiger partial charge in [0.1, 0.15) is 46.4 Å². The molecular formula is C49H66ClN7O12S2. The van der Waals surface area contributed by atoms with Gasteiger partial charge in [-0.25, -0.2) is 9.59 Å². The molecule has 4 aliphatic rings. The Bertz CT molecular complexity index is 2410. The van der Waals surface area contributed by atoms with Gasteiger partial charge in [0.2, 0.25) is 11.8 Å². The highest BCUT2D eigenvalue weighted by Gasteiger charge is 2.64. The number of ether oxygens (including phenoxy) is 5. The third-order valence-corrected chi connectivity index (χ3v) is 17.2. The summed E-state index contributed by atoms with van der Waals surface area (Å²) in [5.74, 6) is -1.53. The first kappa shape index (κ1) is 55.4. The largest absolute Gasteiger partial charge is 0.495 e. The maximum absolute atomic E-state index is 14.4. The molecule has 6 rings (SSSR count). The summed E-state index contributed by atoms with van der Waals surface area (Å²) in [6.45, 7) is 11.9. The molecule has 2 aromatic rings. The normalized spacial score (nSPS) is 27.5. The number of halogens is 1. The van der Waals surface area contributed by atoms with Gasteiger partial charge in [-0.3, -0.25) is 34.1 Å². The number of likely N-dealkylation sites (N-methyl/N-ethyl adjacent to an activating group) is 1. The van der Waals surface area contributed by atoms with Crippen LogP contribution in [0.15, 0.2) is 54.3 Å². The Morgan fingerprint density at radius 3 is 2.55 bits per heavy atom. The summed E-state index contributed by atoms with van der Waals surface area (Å²) in [7, 11) is 9.43. The molecule has 5 amide bonds. The van der Waals surface area contributed by atoms with Crippen LogP contribution in [-0.2, 0) is 62.4 Å². The number of amides is 5. The van der Waals surface area contributed by atoms with Crippen LogP contribution in [0.5, 0.6) is 5.75 Å². The molecule has 0 radical (unpaired) electrons. The van der Waals surface area contributed by atoms with Crippen LogP contribution in [0.3, 0.4) is 0 Å². The fraction of sp³-hybridized carbons (Fsp3) is 0.592. The number of aryl methyl sites for hydroxylation is 1. The van der Waals surface area contributed by atoms with E-state index in [1.54, 1.807) is 91.6 Å². The standard InChI is InChI=1S/C49H66ClN7O12S2/c1-29-14-13-15-37(66-10)49(64)26-36(67-46(63)51-49)30(2)44-48(6,69-44)38(25-42(61)55(8)34-23-32(22-29)24-35(65-9)43(34)50)68-45(62)31(3)54(7)39(58)18-19-47(4,5)71-70-21-12-11-20-56-27-33(52-53-56)28-57-40(59)16-17-41(57)60/h13-17,23-24,27,30-31,36-38,44,64H,11-12,18-22,25-26,28H2,1-10H3,(H,51,63)/b15-13+,29-14+/t30-,31+,36+,37-,38+,44+,48+,49+/m1/s1. The first-order chi connectivity index (χ1) is 33.5. The minimum absolute atomic E-state index is 0.0722. The van der Waals surface area contributed by atoms with Crippen LogP contribution in [0.2, 0.25) is 5.02 Å². The monoisotopic (exact) mass is 1040 g/mol. The van der Waals surface area contributed by atoms with Crippen molar-refractivity contribution in [3.63, 3.8) is 0 Å². The van der Waals surface area contributed by atoms with Crippen molar-refractivity contribution in [2.45, 2.75) is 146 Å². The molecule has 1 aromatic heterocycles. The number of carbonyl (C=O) groups is 6. The van der Waals surface area contributed by atoms with Crippen LogP contribution in [0.25, 0.3) is 0 Å². The van der Waals surface area contributed by atoms with Crippen LogP contribution >= 0.6 is 33.2 Å². The number of carbonyl (C=O) groups excluding carboxylic acids is 6. The van der Waals surface area contributed by atoms with Crippen LogP contribution < -0.4 is 15.0 Å². The van der Waals surface area contributed by atoms with Gasteiger partial charge in [-0.2, -0.15) is 0 Å². The highest BCUT2D eigenvalue weighted by molar-refractivity contribution is 8.77. The lowest BCUT2D eigenvalue weighted by Gasteiger charge is -2.42. The second kappa shape index (κ2) is 23.3. The number of anilines is 1. The molecule has 1 aromatic carbocycles. The number of nitrogens with one attached hydrogen (secondary N) is 1. The van der Waals surface area contributed by atoms with Crippen molar-refractivity contribution < 1.29 is 57.6 Å². The quantitative estimate of drug-likeness (QED) is 0.0614. The maximum atomic E-state index is 14.4. The van der Waals surface area contributed by atoms with E-state index in [0.29, 0.717) is 36.5 Å². The van der Waals surface area contributed by atoms with E-state index in [4.69, 9.17) is 35.3 Å². The average molecular weight is 1040 g/mol. The number of esters is 1. The van der Waals surface area contributed by atoms with E-state index in [9.17, 15) is 33.9 Å². The second-order valence-electron chi connectivity index (χ2n) is 19.3. The molecule has 0 unspecified atom stereocenters. The topological polar surface area (TPSA) is 225 Å². The summed E-state index contributed by atoms with van der Waals surface area (Å²) < 4.78 is 31.0. The van der Waals surface area contributed by atoms with Crippen LogP contribution in [-0.4, -0.2) is 146 Å². The molecule has 388 valence electrons. The molecule has 0 spiro atoms. The Labute approximate surface area is 427 Å². The van der Waals surface area contributed by atoms with Crippen molar-refractivity contribution in [3.8, 4) is 5.75 Å². The van der Waals surface area contributed by atoms with Crippen LogP contribution in [0.4, 0.5) is 10.5 Å². The number of epoxide rings is 1. The lowest BCUT2D eigenvalue weighted by molar-refractivity contribution is -0.162. The summed E-state index contributed by atoms with van der Waals surface area (Å²) in [6.07, 6.45) is 7.37. The molecule has 4 bridgehead atoms. The summed E-state index contributed by atoms with van der Waals surface area (Å²) in [4.78, 5) is 82.7. The number of benzene rings is 1. The van der Waals surface area contributed by atoms with Crippen molar-refractivity contribution in [1.29, 1.82) is 0 Å². The fourth-order valence-corrected chi connectivity index (χ4v) is 11.8. The molecule has 2 fully saturated rings. The Morgan fingerprint density at radius 1 is 1.14 bits per heavy atom. The fourth-order valence-electron chi connectivity index (χ4n) is 8.75. The number of imide groups is 1. The zero-order chi connectivity index (χ0) is 52.0. The number of hydrogen-bond donors (Lipinski definition) is 2. The minimum Gasteiger partial charge on any atom is -0.495 e. The Kier molecular flexibility index (Phi) is 18.2. The van der Waals surface area contributed by atoms with Crippen LogP contribution in [0.1, 0.15) is 91.3 Å². The van der Waals surface area contributed by atoms with E-state index in [2.05, 4.69) is 29.5 Å². The number of aliphatic hydroxyl groups is 1. The predicted molar refractivity (Wildman–Crippen MR) is 268 cm³/mol. The minimum atomic E-state index is -1.85. The van der Waals surface area contributed by atoms with E-state index in [-0.39, 0.29) is 53.3 Å². The Balaban J connectivity index is 1.09. The Hall–Kier alpha value is -4.93. The molecule has 0 saturated carbocycles. The van der Waals surface area contributed by atoms with Crippen molar-refractivity contribution >= 4 is 74.6 Å². The number of allylic oxidation sites excluding steroid dienone is 3. The molecular weight excluding hydrogens is 978 g/mol. The molecule has 22 heteroatoms. The van der Waals surface area contributed by atoms with Gasteiger partial charge in [0, 0.05) is 69.2 Å². The van der Waals surface area contributed by atoms with Crippen molar-refractivity contribution in [2.75, 3.05) is 39.0 Å². The molecule has 0 aliphatic carbocycles. The zero-order valence-corrected chi connectivity index (χ0v) is 44.4. The predicted octanol–water partition coefficient (Wildman–Crippen LogP) is 5.95. The number of nitrogens with zero attached hydrogens (tertiary/aromatic N) is 6. The van der Waals surface area contributed by atoms with Gasteiger partial charge in [-0.15, -0.1) is 5.10 Å². The maximum Gasteiger partial charge on any atom is 0.409 e. The lowest BCUT2D eigenvalue weighted by Crippen LogP contribution is -2.63. The number of aromatic nitrogens is 3. The second-order valence-corrected chi connectivity index (χ2v) is 22.8. The van der Waals surface area contributed by atoms with E-state index < -0.39 is 65.7 Å². The molecule has 2 saturated heterocycles. The van der Waals surface area contributed by atoms with E-state index in [1.165, 1.54) is 36.2 Å². The molecule has 4 aliphatic heterocycles. The van der Waals surface area contributed by atoms with Gasteiger partial charge >= 0.3 is 12.1 Å². The number of fused-ring (bicyclic) bond motifs is 5. The van der Waals surface area contributed by atoms with Gasteiger partial charge < -0.3 is 38.6 Å². The summed E-state index contributed by atoms with van der Waals surface area (Å²) in [5.41, 5.74) is -0.494. The van der Waals surface area contributed by atoms with Crippen LogP contribution in [0, 0.1) is 5.92 Å². The number of unbranched alkanes of at least 4 members (excludes halogenated alkanes) is 1. The van der Waals surface area contributed by atoms with Crippen molar-refractivity contribution in [3.05, 3.63) is 70.6 Å². The van der Waals surface area contributed by atoms with Gasteiger partial charge in [0.05, 0.1) is 38.1 Å². The van der Waals surface area contributed by atoms with E-state index in [0.717, 1.165) is 34.6 Å². The number of alkyl carbamates (subject to hydrolysis) is 1. The third kappa shape index (κ3) is 13.6. The third-order valence-electron chi connectivity index (χ3n) is 13.4. The Morgan fingerprint density at radius 2 is 1.86 bits per heavy atom. The SMILES string of the molecule is COc1cc2cc(c1Cl)N(C)C(=O)C[C@H](OC(=O)[C@H](C)N(C)C(=O)CCC(C)(C)SSCCCCn1cc(CN3C(=O)C=CC3=O)nn1)[C@]1(C)O[C@H]1[C@H](C)[C@@H]1C[C@@](O)(NC(=O)O1)[C@H](OC)/C=C/C=C(\C)C2. The van der Waals surface area contributed by atoms with E-state index in [1.807, 2.05) is 13.0 Å². The number of methoxy groups -OCH3 is 2. The highest BCUT2D eigenvalue weighted by atomic mass is 35.5. The number of rotatable bonds is 17. The summed E-state index contributed by atoms with van der Waals surface area (Å²) in [6, 6.07) is 2.54. The van der Waals surface area contributed by atoms with Gasteiger partial charge in [-0.05, 0) is 78.0 Å².